The van der Waals surface area contributed by atoms with E-state index in [4.69, 9.17) is 4.74 Å². The van der Waals surface area contributed by atoms with Gasteiger partial charge in [0, 0.05) is 18.7 Å². The topological polar surface area (TPSA) is 70.0 Å². The summed E-state index contributed by atoms with van der Waals surface area (Å²) in [7, 11) is 1.26. The average molecular weight is 581 g/mol. The Kier molecular flexibility index (Phi) is 8.63. The Bertz CT molecular complexity index is 1350. The first-order chi connectivity index (χ1) is 18.4. The number of hydrogen-bond acceptors (Lipinski definition) is 3. The zero-order chi connectivity index (χ0) is 30.0. The van der Waals surface area contributed by atoms with E-state index in [1.54, 1.807) is 0 Å². The van der Waals surface area contributed by atoms with E-state index in [0.29, 0.717) is 28.7 Å². The first-order valence-electron chi connectivity index (χ1n) is 11.2. The highest BCUT2D eigenvalue weighted by Gasteiger charge is 2.37. The second-order valence-corrected chi connectivity index (χ2v) is 8.62. The Morgan fingerprint density at radius 2 is 1.30 bits per heavy atom. The number of carbonyl (C=O) groups is 1. The van der Waals surface area contributed by atoms with Crippen LogP contribution in [0.4, 0.5) is 44.3 Å². The summed E-state index contributed by atoms with van der Waals surface area (Å²) in [6.07, 6.45) is -17.1. The van der Waals surface area contributed by atoms with Crippen LogP contribution in [0.3, 0.4) is 0 Å². The van der Waals surface area contributed by atoms with Crippen LogP contribution in [-0.2, 0) is 38.2 Å². The molecule has 0 aliphatic rings. The van der Waals surface area contributed by atoms with E-state index in [9.17, 15) is 54.5 Å². The summed E-state index contributed by atoms with van der Waals surface area (Å²) in [5.74, 6) is 0.146. The van der Waals surface area contributed by atoms with Crippen molar-refractivity contribution in [2.45, 2.75) is 38.2 Å². The number of benzene rings is 3. The number of amides is 1. The first kappa shape index (κ1) is 30.6. The van der Waals surface area contributed by atoms with Crippen LogP contribution in [0.15, 0.2) is 54.6 Å². The molecule has 0 spiro atoms. The summed E-state index contributed by atoms with van der Waals surface area (Å²) in [5.41, 5.74) is -4.94. The second-order valence-electron chi connectivity index (χ2n) is 8.62. The standard InChI is InChI=1S/C26H20F9NO4/c1-40-22-5-2-14(13-37)8-21(22)20-4-3-17(24(27,28)29)9-16(20)12-36(23(38)39)11-15-6-18(25(30,31)32)10-19(7-15)26(33,34)35/h2-10,37H,11-13H2,1H3,(H,38,39). The molecular formula is C26H20F9NO4. The van der Waals surface area contributed by atoms with Gasteiger partial charge in [0.05, 0.1) is 30.4 Å². The Morgan fingerprint density at radius 1 is 0.725 bits per heavy atom. The Balaban J connectivity index is 2.15. The number of rotatable bonds is 7. The third-order valence-electron chi connectivity index (χ3n) is 5.82. The van der Waals surface area contributed by atoms with Crippen molar-refractivity contribution in [3.8, 4) is 16.9 Å². The molecular weight excluding hydrogens is 561 g/mol. The molecule has 0 radical (unpaired) electrons. The predicted molar refractivity (Wildman–Crippen MR) is 123 cm³/mol. The van der Waals surface area contributed by atoms with E-state index >= 15 is 0 Å². The molecule has 216 valence electrons. The molecule has 0 aromatic heterocycles. The quantitative estimate of drug-likeness (QED) is 0.282. The lowest BCUT2D eigenvalue weighted by molar-refractivity contribution is -0.143. The van der Waals surface area contributed by atoms with Gasteiger partial charge in [0.1, 0.15) is 5.75 Å². The van der Waals surface area contributed by atoms with Crippen LogP contribution in [0.25, 0.3) is 11.1 Å². The highest BCUT2D eigenvalue weighted by molar-refractivity contribution is 5.75. The minimum absolute atomic E-state index is 0.0337. The fourth-order valence-electron chi connectivity index (χ4n) is 3.96. The summed E-state index contributed by atoms with van der Waals surface area (Å²) < 4.78 is 125. The molecule has 0 saturated carbocycles. The number of hydrogen-bond donors (Lipinski definition) is 2. The van der Waals surface area contributed by atoms with Crippen molar-refractivity contribution in [2.75, 3.05) is 7.11 Å². The molecule has 2 N–H and O–H groups in total. The molecule has 0 saturated heterocycles. The summed E-state index contributed by atoms with van der Waals surface area (Å²) in [6.45, 7) is -2.31. The molecule has 0 heterocycles. The van der Waals surface area contributed by atoms with Gasteiger partial charge < -0.3 is 14.9 Å². The smallest absolute Gasteiger partial charge is 0.416 e. The van der Waals surface area contributed by atoms with Crippen molar-refractivity contribution >= 4 is 6.09 Å². The highest BCUT2D eigenvalue weighted by Crippen LogP contribution is 2.39. The van der Waals surface area contributed by atoms with Gasteiger partial charge in [0.2, 0.25) is 0 Å². The van der Waals surface area contributed by atoms with E-state index < -0.39 is 66.6 Å². The zero-order valence-electron chi connectivity index (χ0n) is 20.4. The van der Waals surface area contributed by atoms with Gasteiger partial charge >= 0.3 is 24.6 Å². The molecule has 14 heteroatoms. The summed E-state index contributed by atoms with van der Waals surface area (Å²) >= 11 is 0. The summed E-state index contributed by atoms with van der Waals surface area (Å²) in [4.78, 5) is 12.4. The number of nitrogens with zero attached hydrogens (tertiary/aromatic N) is 1. The van der Waals surface area contributed by atoms with Gasteiger partial charge in [-0.2, -0.15) is 39.5 Å². The number of methoxy groups -OCH3 is 1. The molecule has 0 bridgehead atoms. The van der Waals surface area contributed by atoms with Gasteiger partial charge in [-0.15, -0.1) is 0 Å². The van der Waals surface area contributed by atoms with Crippen LogP contribution in [0.1, 0.15) is 33.4 Å². The van der Waals surface area contributed by atoms with Crippen molar-refractivity contribution in [1.82, 2.24) is 4.90 Å². The van der Waals surface area contributed by atoms with Crippen molar-refractivity contribution in [3.05, 3.63) is 88.0 Å². The fourth-order valence-corrected chi connectivity index (χ4v) is 3.96. The molecule has 5 nitrogen and oxygen atoms in total. The van der Waals surface area contributed by atoms with Gasteiger partial charge in [-0.3, -0.25) is 4.90 Å². The molecule has 3 aromatic carbocycles. The zero-order valence-corrected chi connectivity index (χ0v) is 20.4. The molecule has 3 rings (SSSR count). The largest absolute Gasteiger partial charge is 0.496 e. The number of halogens is 9. The van der Waals surface area contributed by atoms with Crippen molar-refractivity contribution in [3.63, 3.8) is 0 Å². The average Bonchev–Trinajstić information content (AvgIpc) is 2.86. The molecule has 0 fully saturated rings. The third kappa shape index (κ3) is 7.17. The van der Waals surface area contributed by atoms with Crippen LogP contribution in [0, 0.1) is 0 Å². The lowest BCUT2D eigenvalue weighted by atomic mass is 9.94. The van der Waals surface area contributed by atoms with Gasteiger partial charge in [-0.1, -0.05) is 12.1 Å². The normalized spacial score (nSPS) is 12.4. The van der Waals surface area contributed by atoms with Crippen molar-refractivity contribution < 1.29 is 59.3 Å². The maximum Gasteiger partial charge on any atom is 0.416 e. The van der Waals surface area contributed by atoms with Crippen LogP contribution < -0.4 is 4.74 Å². The molecule has 3 aromatic rings. The Hall–Kier alpha value is -3.94. The predicted octanol–water partition coefficient (Wildman–Crippen LogP) is 7.59. The third-order valence-corrected chi connectivity index (χ3v) is 5.82. The molecule has 0 aliphatic carbocycles. The number of carboxylic acid groups (broad SMARTS) is 1. The van der Waals surface area contributed by atoms with E-state index in [1.807, 2.05) is 0 Å². The number of aliphatic hydroxyl groups is 1. The van der Waals surface area contributed by atoms with Crippen LogP contribution in [0.2, 0.25) is 0 Å². The van der Waals surface area contributed by atoms with Crippen molar-refractivity contribution in [2.24, 2.45) is 0 Å². The highest BCUT2D eigenvalue weighted by atomic mass is 19.4. The van der Waals surface area contributed by atoms with Gasteiger partial charge in [0.25, 0.3) is 0 Å². The SMILES string of the molecule is COc1ccc(CO)cc1-c1ccc(C(F)(F)F)cc1CN(Cc1cc(C(F)(F)F)cc(C(F)(F)F)c1)C(=O)O. The van der Waals surface area contributed by atoms with Gasteiger partial charge in [-0.25, -0.2) is 4.79 Å². The van der Waals surface area contributed by atoms with Crippen molar-refractivity contribution in [1.29, 1.82) is 0 Å². The van der Waals surface area contributed by atoms with E-state index in [0.717, 1.165) is 12.1 Å². The monoisotopic (exact) mass is 581 g/mol. The molecule has 0 unspecified atom stereocenters. The maximum atomic E-state index is 13.5. The lowest BCUT2D eigenvalue weighted by Crippen LogP contribution is -2.29. The number of alkyl halides is 9. The number of aliphatic hydroxyl groups excluding tert-OH is 1. The van der Waals surface area contributed by atoms with Crippen LogP contribution >= 0.6 is 0 Å². The van der Waals surface area contributed by atoms with E-state index in [2.05, 4.69) is 0 Å². The minimum Gasteiger partial charge on any atom is -0.496 e. The molecule has 1 amide bonds. The van der Waals surface area contributed by atoms with Crippen LogP contribution in [0.5, 0.6) is 5.75 Å². The lowest BCUT2D eigenvalue weighted by Gasteiger charge is -2.24. The molecule has 40 heavy (non-hydrogen) atoms. The summed E-state index contributed by atoms with van der Waals surface area (Å²) in [6, 6.07) is 7.21. The van der Waals surface area contributed by atoms with Crippen LogP contribution in [-0.4, -0.2) is 28.3 Å². The van der Waals surface area contributed by atoms with E-state index in [1.165, 1.54) is 25.3 Å². The molecule has 0 atom stereocenters. The van der Waals surface area contributed by atoms with Gasteiger partial charge in [-0.05, 0) is 64.7 Å². The Labute approximate surface area is 221 Å². The van der Waals surface area contributed by atoms with Gasteiger partial charge in [0.15, 0.2) is 0 Å². The first-order valence-corrected chi connectivity index (χ1v) is 11.2. The Morgan fingerprint density at radius 3 is 1.77 bits per heavy atom. The van der Waals surface area contributed by atoms with E-state index in [-0.39, 0.29) is 28.5 Å². The molecule has 0 aliphatic heterocycles. The maximum absolute atomic E-state index is 13.5. The summed E-state index contributed by atoms with van der Waals surface area (Å²) in [5, 5.41) is 19.2. The second kappa shape index (κ2) is 11.3. The minimum atomic E-state index is -5.19. The number of ether oxygens (including phenoxy) is 1. The fraction of sp³-hybridized carbons (Fsp3) is 0.269.